The molecular weight excluding hydrogens is 679 g/mol. The van der Waals surface area contributed by atoms with Crippen LogP contribution in [0.4, 0.5) is 11.5 Å². The Labute approximate surface area is 248 Å². The van der Waals surface area contributed by atoms with Crippen molar-refractivity contribution in [2.75, 3.05) is 4.31 Å². The average molecular weight is 699 g/mol. The molecule has 0 aliphatic carbocycles. The molecule has 10 nitrogen and oxygen atoms in total. The highest BCUT2D eigenvalue weighted by Gasteiger charge is 2.32. The molecule has 4 N–H and O–H groups in total. The highest BCUT2D eigenvalue weighted by atomic mass is 127. The van der Waals surface area contributed by atoms with E-state index in [1.54, 1.807) is 6.07 Å². The van der Waals surface area contributed by atoms with Crippen LogP contribution in [-0.4, -0.2) is 45.6 Å². The number of hydrogen-bond donors (Lipinski definition) is 4. The third-order valence-electron chi connectivity index (χ3n) is 5.60. The van der Waals surface area contributed by atoms with Gasteiger partial charge in [-0.1, -0.05) is 54.1 Å². The van der Waals surface area contributed by atoms with Crippen LogP contribution in [0, 0.1) is 3.57 Å². The zero-order valence-corrected chi connectivity index (χ0v) is 24.3. The molecule has 4 aromatic rings. The minimum absolute atomic E-state index is 0.00682. The van der Waals surface area contributed by atoms with Gasteiger partial charge >= 0.3 is 5.97 Å². The second-order valence-corrected chi connectivity index (χ2v) is 11.2. The van der Waals surface area contributed by atoms with Crippen molar-refractivity contribution < 1.29 is 28.6 Å². The average Bonchev–Trinajstić information content (AvgIpc) is 3.35. The van der Waals surface area contributed by atoms with Crippen molar-refractivity contribution >= 4 is 80.6 Å². The summed E-state index contributed by atoms with van der Waals surface area (Å²) in [5.41, 5.74) is 1.45. The van der Waals surface area contributed by atoms with Gasteiger partial charge in [-0.15, -0.1) is 0 Å². The van der Waals surface area contributed by atoms with Crippen LogP contribution in [0.5, 0.6) is 0 Å². The van der Waals surface area contributed by atoms with E-state index in [0.717, 1.165) is 21.6 Å². The summed E-state index contributed by atoms with van der Waals surface area (Å²) in [6.07, 6.45) is -1.28. The Hall–Kier alpha value is -2.95. The Morgan fingerprint density at radius 3 is 2.41 bits per heavy atom. The van der Waals surface area contributed by atoms with Crippen LogP contribution in [0.1, 0.15) is 33.3 Å². The van der Waals surface area contributed by atoms with E-state index >= 15 is 0 Å². The van der Waals surface area contributed by atoms with Gasteiger partial charge in [0.25, 0.3) is 17.2 Å². The summed E-state index contributed by atoms with van der Waals surface area (Å²) >= 11 is 6.05. The van der Waals surface area contributed by atoms with Gasteiger partial charge in [-0.25, -0.2) is 13.3 Å². The number of rotatable bonds is 10. The minimum atomic E-state index is -2.67. The van der Waals surface area contributed by atoms with E-state index in [2.05, 4.69) is 14.1 Å². The largest absolute Gasteiger partial charge is 0.480 e. The van der Waals surface area contributed by atoms with Crippen molar-refractivity contribution in [2.45, 2.75) is 18.6 Å². The number of aromatic nitrogens is 2. The van der Waals surface area contributed by atoms with Gasteiger partial charge in [-0.05, 0) is 64.0 Å². The van der Waals surface area contributed by atoms with Crippen molar-refractivity contribution in [2.24, 2.45) is 0 Å². The predicted molar refractivity (Wildman–Crippen MR) is 157 cm³/mol. The molecule has 1 aromatic heterocycles. The third kappa shape index (κ3) is 6.98. The van der Waals surface area contributed by atoms with Crippen molar-refractivity contribution in [3.05, 3.63) is 104 Å². The fraction of sp³-hybridized carbons (Fsp3) is 0.120. The van der Waals surface area contributed by atoms with E-state index in [-0.39, 0.29) is 22.6 Å². The number of nitrogens with zero attached hydrogens (tertiary/aromatic N) is 3. The molecular formula is C25H20ClIN4O6S2. The Morgan fingerprint density at radius 2 is 1.77 bits per heavy atom. The van der Waals surface area contributed by atoms with E-state index in [4.69, 9.17) is 11.6 Å². The lowest BCUT2D eigenvalue weighted by molar-refractivity contribution is -0.142. The van der Waals surface area contributed by atoms with Crippen LogP contribution in [0.2, 0.25) is 5.02 Å². The van der Waals surface area contributed by atoms with Crippen LogP contribution < -0.4 is 9.62 Å². The first-order valence-electron chi connectivity index (χ1n) is 11.2. The number of halogens is 2. The standard InChI is InChI=1S/C25H20ClIN4O6S2/c26-16-8-6-15(7-9-16)22(32)21(25(34)35)28-24(33)18-11-10-17(27)13-20(18)31(39(36)37)23-19(29-38-30-23)12-14-4-2-1-3-5-14/h1-11,13,21-22,32H,12H2,(H,28,33)(H,34,35)(H,36,37). The Bertz CT molecular complexity index is 1510. The number of aliphatic hydroxyl groups excluding tert-OH is 1. The van der Waals surface area contributed by atoms with Crippen molar-refractivity contribution in [3.8, 4) is 0 Å². The fourth-order valence-corrected chi connectivity index (χ4v) is 5.56. The maximum absolute atomic E-state index is 13.4. The normalized spacial score (nSPS) is 13.3. The summed E-state index contributed by atoms with van der Waals surface area (Å²) in [5.74, 6) is -2.28. The Morgan fingerprint density at radius 1 is 1.08 bits per heavy atom. The lowest BCUT2D eigenvalue weighted by Gasteiger charge is -2.24. The first-order valence-corrected chi connectivity index (χ1v) is 14.4. The van der Waals surface area contributed by atoms with Gasteiger partial charge in [0.1, 0.15) is 11.8 Å². The van der Waals surface area contributed by atoms with Crippen LogP contribution in [0.25, 0.3) is 0 Å². The molecule has 0 bridgehead atoms. The van der Waals surface area contributed by atoms with Gasteiger partial charge in [0.05, 0.1) is 23.0 Å². The molecule has 3 atom stereocenters. The number of carboxylic acid groups (broad SMARTS) is 1. The zero-order chi connectivity index (χ0) is 28.1. The summed E-state index contributed by atoms with van der Waals surface area (Å²) in [6, 6.07) is 18.0. The molecule has 1 heterocycles. The van der Waals surface area contributed by atoms with E-state index in [0.29, 0.717) is 20.7 Å². The van der Waals surface area contributed by atoms with Crippen molar-refractivity contribution in [3.63, 3.8) is 0 Å². The Kier molecular flexibility index (Phi) is 9.63. The first kappa shape index (κ1) is 29.0. The quantitative estimate of drug-likeness (QED) is 0.139. The smallest absolute Gasteiger partial charge is 0.329 e. The van der Waals surface area contributed by atoms with Crippen LogP contribution in [0.3, 0.4) is 0 Å². The number of aliphatic hydroxyl groups is 1. The minimum Gasteiger partial charge on any atom is -0.480 e. The van der Waals surface area contributed by atoms with Gasteiger partial charge in [0, 0.05) is 15.0 Å². The lowest BCUT2D eigenvalue weighted by atomic mass is 10.0. The Balaban J connectivity index is 1.70. The van der Waals surface area contributed by atoms with Gasteiger partial charge in [-0.2, -0.15) is 8.75 Å². The number of carbonyl (C=O) groups excluding carboxylic acids is 1. The number of anilines is 2. The van der Waals surface area contributed by atoms with Gasteiger partial charge in [-0.3, -0.25) is 9.35 Å². The van der Waals surface area contributed by atoms with Crippen LogP contribution >= 0.6 is 45.9 Å². The summed E-state index contributed by atoms with van der Waals surface area (Å²) in [4.78, 5) is 25.4. The predicted octanol–water partition coefficient (Wildman–Crippen LogP) is 4.58. The zero-order valence-electron chi connectivity index (χ0n) is 19.8. The fourth-order valence-electron chi connectivity index (χ4n) is 3.74. The molecule has 4 rings (SSSR count). The summed E-state index contributed by atoms with van der Waals surface area (Å²) < 4.78 is 33.1. The van der Waals surface area contributed by atoms with Crippen molar-refractivity contribution in [1.82, 2.24) is 14.1 Å². The monoisotopic (exact) mass is 698 g/mol. The molecule has 0 saturated heterocycles. The highest BCUT2D eigenvalue weighted by molar-refractivity contribution is 14.1. The van der Waals surface area contributed by atoms with E-state index in [9.17, 15) is 28.6 Å². The van der Waals surface area contributed by atoms with Gasteiger partial charge in [0.15, 0.2) is 11.9 Å². The molecule has 0 saturated carbocycles. The van der Waals surface area contributed by atoms with Crippen LogP contribution in [0.15, 0.2) is 72.8 Å². The molecule has 1 amide bonds. The molecule has 3 unspecified atom stereocenters. The number of carbonyl (C=O) groups is 2. The first-order chi connectivity index (χ1) is 18.7. The van der Waals surface area contributed by atoms with Crippen LogP contribution in [-0.2, 0) is 22.5 Å². The maximum atomic E-state index is 13.4. The van der Waals surface area contributed by atoms with E-state index in [1.165, 1.54) is 36.4 Å². The molecule has 0 radical (unpaired) electrons. The second kappa shape index (κ2) is 12.9. The summed E-state index contributed by atoms with van der Waals surface area (Å²) in [6.45, 7) is 0. The molecule has 3 aromatic carbocycles. The highest BCUT2D eigenvalue weighted by Crippen LogP contribution is 2.34. The summed E-state index contributed by atoms with van der Waals surface area (Å²) in [5, 5.41) is 23.2. The van der Waals surface area contributed by atoms with E-state index in [1.807, 2.05) is 52.9 Å². The van der Waals surface area contributed by atoms with E-state index < -0.39 is 35.3 Å². The molecule has 0 aliphatic heterocycles. The molecule has 0 aliphatic rings. The molecule has 0 fully saturated rings. The number of nitrogens with one attached hydrogen (secondary N) is 1. The molecule has 0 spiro atoms. The van der Waals surface area contributed by atoms with Gasteiger partial charge in [0.2, 0.25) is 0 Å². The topological polar surface area (TPSA) is 153 Å². The second-order valence-electron chi connectivity index (χ2n) is 8.17. The van der Waals surface area contributed by atoms with Crippen molar-refractivity contribution in [1.29, 1.82) is 0 Å². The summed E-state index contributed by atoms with van der Waals surface area (Å²) in [7, 11) is 0. The molecule has 39 heavy (non-hydrogen) atoms. The number of benzene rings is 3. The maximum Gasteiger partial charge on any atom is 0.329 e. The number of carboxylic acids is 1. The number of amides is 1. The lowest BCUT2D eigenvalue weighted by Crippen LogP contribution is -2.45. The third-order valence-corrected chi connectivity index (χ3v) is 7.76. The SMILES string of the molecule is O=C(NC(C(=O)O)C(O)c1ccc(Cl)cc1)c1ccc(I)cc1N(c1nsnc1Cc1ccccc1)S(=O)O. The number of aliphatic carboxylic acids is 1. The number of hydrogen-bond acceptors (Lipinski definition) is 7. The van der Waals surface area contributed by atoms with Gasteiger partial charge < -0.3 is 15.5 Å². The molecule has 202 valence electrons. The molecule has 14 heteroatoms.